The molecule has 4 nitrogen and oxygen atoms in total. The van der Waals surface area contributed by atoms with E-state index in [2.05, 4.69) is 0 Å². The molecule has 2 fully saturated rings. The summed E-state index contributed by atoms with van der Waals surface area (Å²) in [6.45, 7) is -1.61. The average Bonchev–Trinajstić information content (AvgIpc) is 2.95. The molecule has 2 heterocycles. The minimum atomic E-state index is -4.69. The lowest BCUT2D eigenvalue weighted by Gasteiger charge is -2.34. The van der Waals surface area contributed by atoms with E-state index in [-0.39, 0.29) is 12.3 Å². The summed E-state index contributed by atoms with van der Waals surface area (Å²) in [6.07, 6.45) is -6.32. The topological polar surface area (TPSA) is 42.3 Å². The summed E-state index contributed by atoms with van der Waals surface area (Å²) in [6, 6.07) is -0.610. The summed E-state index contributed by atoms with van der Waals surface area (Å²) in [7, 11) is 0. The lowest BCUT2D eigenvalue weighted by Crippen LogP contribution is -2.50. The number of alkyl halides is 6. The van der Waals surface area contributed by atoms with Gasteiger partial charge in [0.1, 0.15) is 18.2 Å². The lowest BCUT2D eigenvalue weighted by molar-refractivity contribution is -0.172. The number of fused-ring (bicyclic) bond motifs is 1. The molecule has 1 saturated heterocycles. The Morgan fingerprint density at radius 1 is 1.11 bits per heavy atom. The second kappa shape index (κ2) is 6.87. The van der Waals surface area contributed by atoms with Gasteiger partial charge in [-0.2, -0.15) is 26.3 Å². The number of halogens is 6. The fourth-order valence-corrected chi connectivity index (χ4v) is 4.20. The average molecular weight is 396 g/mol. The van der Waals surface area contributed by atoms with Crippen molar-refractivity contribution in [1.29, 1.82) is 0 Å². The van der Waals surface area contributed by atoms with Crippen molar-refractivity contribution in [3.63, 3.8) is 0 Å². The molecule has 1 aromatic rings. The van der Waals surface area contributed by atoms with Crippen LogP contribution in [0.25, 0.3) is 0 Å². The number of pyridine rings is 1. The van der Waals surface area contributed by atoms with Gasteiger partial charge >= 0.3 is 12.4 Å². The zero-order valence-corrected chi connectivity index (χ0v) is 14.2. The van der Waals surface area contributed by atoms with Crippen molar-refractivity contribution in [2.45, 2.75) is 63.1 Å². The molecule has 10 heteroatoms. The smallest absolute Gasteiger partial charge is 0.323 e. The number of carbonyl (C=O) groups is 1. The molecule has 1 aliphatic carbocycles. The van der Waals surface area contributed by atoms with E-state index >= 15 is 0 Å². The normalized spacial score (nSPS) is 26.1. The summed E-state index contributed by atoms with van der Waals surface area (Å²) >= 11 is 0. The largest absolute Gasteiger partial charge is 0.408 e. The van der Waals surface area contributed by atoms with Crippen LogP contribution in [0.4, 0.5) is 26.3 Å². The Hall–Kier alpha value is -2.00. The highest BCUT2D eigenvalue weighted by Crippen LogP contribution is 2.45. The van der Waals surface area contributed by atoms with Crippen LogP contribution < -0.4 is 5.56 Å². The SMILES string of the molecule is O=C(c1cccn(CC(F)(F)F)c1=O)N1[C@H](C(F)(F)F)C[C@@H]2CCCC[C@@H]21. The van der Waals surface area contributed by atoms with Gasteiger partial charge in [0.25, 0.3) is 11.5 Å². The van der Waals surface area contributed by atoms with E-state index in [1.165, 1.54) is 0 Å². The van der Waals surface area contributed by atoms with Crippen LogP contribution in [0.3, 0.4) is 0 Å². The fraction of sp³-hybridized carbons (Fsp3) is 0.647. The molecule has 0 aromatic carbocycles. The van der Waals surface area contributed by atoms with Gasteiger partial charge in [-0.15, -0.1) is 0 Å². The number of aromatic nitrogens is 1. The lowest BCUT2D eigenvalue weighted by atomic mass is 9.84. The first-order chi connectivity index (χ1) is 12.5. The van der Waals surface area contributed by atoms with Gasteiger partial charge in [-0.05, 0) is 37.3 Å². The highest BCUT2D eigenvalue weighted by Gasteiger charge is 2.55. The monoisotopic (exact) mass is 396 g/mol. The summed E-state index contributed by atoms with van der Waals surface area (Å²) in [4.78, 5) is 25.8. The van der Waals surface area contributed by atoms with Crippen LogP contribution in [0.2, 0.25) is 0 Å². The molecule has 1 saturated carbocycles. The van der Waals surface area contributed by atoms with E-state index in [4.69, 9.17) is 0 Å². The molecule has 1 aliphatic heterocycles. The number of carbonyl (C=O) groups excluding carboxylic acids is 1. The third-order valence-electron chi connectivity index (χ3n) is 5.30. The van der Waals surface area contributed by atoms with Crippen LogP contribution in [0.5, 0.6) is 0 Å². The second-order valence-corrected chi connectivity index (χ2v) is 7.09. The molecule has 0 spiro atoms. The van der Waals surface area contributed by atoms with E-state index in [0.717, 1.165) is 24.8 Å². The summed E-state index contributed by atoms with van der Waals surface area (Å²) in [5, 5.41) is 0. The molecule has 1 amide bonds. The van der Waals surface area contributed by atoms with E-state index in [1.54, 1.807) is 0 Å². The summed E-state index contributed by atoms with van der Waals surface area (Å²) in [5.74, 6) is -1.45. The Morgan fingerprint density at radius 2 is 1.78 bits per heavy atom. The van der Waals surface area contributed by atoms with Gasteiger partial charge in [-0.3, -0.25) is 9.59 Å². The van der Waals surface area contributed by atoms with Crippen molar-refractivity contribution in [2.24, 2.45) is 5.92 Å². The standard InChI is InChI=1S/C17H18F6N2O2/c18-16(19,20)9-24-7-3-5-11(14(24)26)15(27)25-12-6-2-1-4-10(12)8-13(25)17(21,22)23/h3,5,7,10,12-13H,1-2,4,6,8-9H2/t10-,12-,13-/m0/s1. The Bertz CT molecular complexity index is 770. The highest BCUT2D eigenvalue weighted by molar-refractivity contribution is 5.94. The van der Waals surface area contributed by atoms with Gasteiger partial charge in [0.2, 0.25) is 0 Å². The first kappa shape index (κ1) is 19.8. The first-order valence-electron chi connectivity index (χ1n) is 8.64. The molecular formula is C17H18F6N2O2. The van der Waals surface area contributed by atoms with Crippen LogP contribution in [-0.2, 0) is 6.54 Å². The van der Waals surface area contributed by atoms with Crippen LogP contribution >= 0.6 is 0 Å². The van der Waals surface area contributed by atoms with Crippen molar-refractivity contribution >= 4 is 5.91 Å². The number of amides is 1. The maximum atomic E-state index is 13.5. The maximum Gasteiger partial charge on any atom is 0.408 e. The Labute approximate surface area is 150 Å². The second-order valence-electron chi connectivity index (χ2n) is 7.09. The predicted octanol–water partition coefficient (Wildman–Crippen LogP) is 3.75. The number of nitrogens with zero attached hydrogens (tertiary/aromatic N) is 2. The molecule has 3 rings (SSSR count). The van der Waals surface area contributed by atoms with E-state index < -0.39 is 48.0 Å². The van der Waals surface area contributed by atoms with Crippen molar-refractivity contribution in [1.82, 2.24) is 9.47 Å². The summed E-state index contributed by atoms with van der Waals surface area (Å²) in [5.41, 5.74) is -1.90. The first-order valence-corrected chi connectivity index (χ1v) is 8.64. The molecule has 150 valence electrons. The van der Waals surface area contributed by atoms with Gasteiger partial charge in [-0.1, -0.05) is 12.8 Å². The number of hydrogen-bond donors (Lipinski definition) is 0. The molecule has 3 atom stereocenters. The Morgan fingerprint density at radius 3 is 2.41 bits per heavy atom. The fourth-order valence-electron chi connectivity index (χ4n) is 4.20. The van der Waals surface area contributed by atoms with Crippen molar-refractivity contribution in [3.8, 4) is 0 Å². The van der Waals surface area contributed by atoms with Gasteiger partial charge in [0.05, 0.1) is 0 Å². The van der Waals surface area contributed by atoms with Crippen LogP contribution in [0.1, 0.15) is 42.5 Å². The van der Waals surface area contributed by atoms with Crippen LogP contribution in [0, 0.1) is 5.92 Å². The molecule has 0 unspecified atom stereocenters. The molecule has 0 radical (unpaired) electrons. The number of likely N-dealkylation sites (tertiary alicyclic amines) is 1. The molecule has 0 bridgehead atoms. The van der Waals surface area contributed by atoms with Gasteiger partial charge < -0.3 is 9.47 Å². The van der Waals surface area contributed by atoms with E-state index in [0.29, 0.717) is 28.7 Å². The van der Waals surface area contributed by atoms with Gasteiger partial charge in [-0.25, -0.2) is 0 Å². The Kier molecular flexibility index (Phi) is 5.02. The van der Waals surface area contributed by atoms with Crippen LogP contribution in [0.15, 0.2) is 23.1 Å². The van der Waals surface area contributed by atoms with Gasteiger partial charge in [0, 0.05) is 12.2 Å². The third-order valence-corrected chi connectivity index (χ3v) is 5.30. The molecule has 2 aliphatic rings. The number of rotatable bonds is 2. The van der Waals surface area contributed by atoms with E-state index in [9.17, 15) is 35.9 Å². The van der Waals surface area contributed by atoms with Crippen molar-refractivity contribution < 1.29 is 31.1 Å². The molecule has 1 aromatic heterocycles. The summed E-state index contributed by atoms with van der Waals surface area (Å²) < 4.78 is 78.6. The molecule has 0 N–H and O–H groups in total. The van der Waals surface area contributed by atoms with Crippen molar-refractivity contribution in [2.75, 3.05) is 0 Å². The number of hydrogen-bond acceptors (Lipinski definition) is 2. The third kappa shape index (κ3) is 3.98. The predicted molar refractivity (Wildman–Crippen MR) is 83.1 cm³/mol. The zero-order chi connectivity index (χ0) is 20.0. The Balaban J connectivity index is 1.98. The highest BCUT2D eigenvalue weighted by atomic mass is 19.4. The minimum Gasteiger partial charge on any atom is -0.323 e. The zero-order valence-electron chi connectivity index (χ0n) is 14.2. The van der Waals surface area contributed by atoms with Crippen LogP contribution in [-0.4, -0.2) is 39.8 Å². The quantitative estimate of drug-likeness (QED) is 0.715. The molecule has 27 heavy (non-hydrogen) atoms. The minimum absolute atomic E-state index is 0.233. The van der Waals surface area contributed by atoms with Crippen molar-refractivity contribution in [3.05, 3.63) is 34.2 Å². The van der Waals surface area contributed by atoms with Gasteiger partial charge in [0.15, 0.2) is 0 Å². The molecular weight excluding hydrogens is 378 g/mol. The maximum absolute atomic E-state index is 13.5. The van der Waals surface area contributed by atoms with E-state index in [1.807, 2.05) is 0 Å².